The van der Waals surface area contributed by atoms with Gasteiger partial charge in [-0.05, 0) is 65.0 Å². The molecule has 1 aliphatic heterocycles. The van der Waals surface area contributed by atoms with Gasteiger partial charge in [0.25, 0.3) is 0 Å². The van der Waals surface area contributed by atoms with E-state index >= 15 is 0 Å². The zero-order chi connectivity index (χ0) is 20.8. The van der Waals surface area contributed by atoms with Gasteiger partial charge in [0.15, 0.2) is 11.6 Å². The van der Waals surface area contributed by atoms with E-state index in [0.717, 1.165) is 22.5 Å². The van der Waals surface area contributed by atoms with E-state index in [9.17, 15) is 19.0 Å². The predicted molar refractivity (Wildman–Crippen MR) is 116 cm³/mol. The Labute approximate surface area is 186 Å². The van der Waals surface area contributed by atoms with Crippen molar-refractivity contribution in [3.05, 3.63) is 55.6 Å². The van der Waals surface area contributed by atoms with E-state index < -0.39 is 23.8 Å². The van der Waals surface area contributed by atoms with Crippen LogP contribution in [0, 0.1) is 20.6 Å². The average Bonchev–Trinajstić information content (AvgIpc) is 3.43. The molecule has 1 aliphatic carbocycles. The Bertz CT molecular complexity index is 939. The molecule has 2 atom stereocenters. The van der Waals surface area contributed by atoms with Crippen LogP contribution in [0.5, 0.6) is 5.75 Å². The van der Waals surface area contributed by atoms with E-state index in [-0.39, 0.29) is 29.8 Å². The summed E-state index contributed by atoms with van der Waals surface area (Å²) >= 11 is 8.45. The third kappa shape index (κ3) is 4.47. The van der Waals surface area contributed by atoms with Crippen LogP contribution in [0.1, 0.15) is 30.4 Å². The van der Waals surface area contributed by atoms with Gasteiger partial charge in [0.1, 0.15) is 18.5 Å². The van der Waals surface area contributed by atoms with Crippen LogP contribution in [0.2, 0.25) is 5.02 Å². The number of benzene rings is 2. The first-order valence-electron chi connectivity index (χ1n) is 9.46. The summed E-state index contributed by atoms with van der Waals surface area (Å²) in [4.78, 5) is 0. The van der Waals surface area contributed by atoms with Gasteiger partial charge in [-0.25, -0.2) is 8.78 Å². The SMILES string of the molecule is OC1COc2cc(F)c(F)c(Cc3ccc(I)cc3Cl)c2NCC2(CC2)CC1O. The maximum Gasteiger partial charge on any atom is 0.164 e. The molecular weight excluding hydrogens is 515 g/mol. The standard InChI is InChI=1S/C21H21ClF2INO3/c22-14-6-12(25)2-1-11(14)5-13-19(24)15(23)7-18-20(13)26-10-21(3-4-21)8-16(27)17(28)9-29-18/h1-2,6-7,16-17,26-28H,3-5,8-10H2. The van der Waals surface area contributed by atoms with Gasteiger partial charge in [0.05, 0.1) is 11.8 Å². The topological polar surface area (TPSA) is 61.7 Å². The molecule has 2 unspecified atom stereocenters. The summed E-state index contributed by atoms with van der Waals surface area (Å²) in [5.41, 5.74) is 1.02. The highest BCUT2D eigenvalue weighted by Crippen LogP contribution is 2.51. The number of anilines is 1. The lowest BCUT2D eigenvalue weighted by atomic mass is 9.94. The van der Waals surface area contributed by atoms with Crippen LogP contribution in [0.25, 0.3) is 0 Å². The number of aliphatic hydroxyl groups is 2. The number of fused-ring (bicyclic) bond motifs is 1. The van der Waals surface area contributed by atoms with Gasteiger partial charge >= 0.3 is 0 Å². The molecule has 8 heteroatoms. The van der Waals surface area contributed by atoms with E-state index in [1.165, 1.54) is 0 Å². The average molecular weight is 536 g/mol. The summed E-state index contributed by atoms with van der Waals surface area (Å²) in [6.07, 6.45) is 0.318. The predicted octanol–water partition coefficient (Wildman–Crippen LogP) is 4.51. The number of aliphatic hydroxyl groups excluding tert-OH is 2. The molecule has 29 heavy (non-hydrogen) atoms. The third-order valence-electron chi connectivity index (χ3n) is 5.76. The monoisotopic (exact) mass is 535 g/mol. The van der Waals surface area contributed by atoms with E-state index in [2.05, 4.69) is 27.9 Å². The second kappa shape index (κ2) is 8.17. The Hall–Kier alpha value is -1.16. The first-order chi connectivity index (χ1) is 13.8. The molecule has 2 aliphatic rings. The molecular formula is C21H21ClF2INO3. The van der Waals surface area contributed by atoms with Crippen LogP contribution in [0.15, 0.2) is 24.3 Å². The fraction of sp³-hybridized carbons (Fsp3) is 0.429. The second-order valence-corrected chi connectivity index (χ2v) is 9.59. The lowest BCUT2D eigenvalue weighted by Crippen LogP contribution is -2.36. The number of halogens is 4. The Kier molecular flexibility index (Phi) is 5.94. The maximum atomic E-state index is 14.8. The van der Waals surface area contributed by atoms with Crippen LogP contribution >= 0.6 is 34.2 Å². The molecule has 1 fully saturated rings. The molecule has 1 heterocycles. The minimum Gasteiger partial charge on any atom is -0.488 e. The second-order valence-electron chi connectivity index (χ2n) is 7.94. The minimum absolute atomic E-state index is 0.0935. The Morgan fingerprint density at radius 2 is 1.97 bits per heavy atom. The molecule has 156 valence electrons. The zero-order valence-electron chi connectivity index (χ0n) is 15.5. The smallest absolute Gasteiger partial charge is 0.164 e. The molecule has 0 saturated heterocycles. The van der Waals surface area contributed by atoms with Gasteiger partial charge in [-0.1, -0.05) is 17.7 Å². The number of rotatable bonds is 2. The number of hydrogen-bond donors (Lipinski definition) is 3. The molecule has 4 rings (SSSR count). The first-order valence-corrected chi connectivity index (χ1v) is 10.9. The lowest BCUT2D eigenvalue weighted by molar-refractivity contribution is -0.0212. The van der Waals surface area contributed by atoms with Crippen molar-refractivity contribution >= 4 is 39.9 Å². The molecule has 2 aromatic carbocycles. The van der Waals surface area contributed by atoms with Gasteiger partial charge in [-0.3, -0.25) is 0 Å². The molecule has 2 aromatic rings. The van der Waals surface area contributed by atoms with E-state index in [1.807, 2.05) is 6.07 Å². The third-order valence-corrected chi connectivity index (χ3v) is 6.78. The molecule has 1 saturated carbocycles. The van der Waals surface area contributed by atoms with Crippen LogP contribution in [-0.4, -0.2) is 35.6 Å². The summed E-state index contributed by atoms with van der Waals surface area (Å²) in [6.45, 7) is 0.270. The first kappa shape index (κ1) is 21.1. The van der Waals surface area contributed by atoms with Crippen LogP contribution in [0.4, 0.5) is 14.5 Å². The van der Waals surface area contributed by atoms with Crippen LogP contribution in [0.3, 0.4) is 0 Å². The summed E-state index contributed by atoms with van der Waals surface area (Å²) in [7, 11) is 0. The maximum absolute atomic E-state index is 14.8. The summed E-state index contributed by atoms with van der Waals surface area (Å²) < 4.78 is 35.7. The minimum atomic E-state index is -1.10. The fourth-order valence-electron chi connectivity index (χ4n) is 3.75. The lowest BCUT2D eigenvalue weighted by Gasteiger charge is -2.28. The van der Waals surface area contributed by atoms with Gasteiger partial charge in [0, 0.05) is 33.2 Å². The van der Waals surface area contributed by atoms with Crippen molar-refractivity contribution in [1.29, 1.82) is 0 Å². The van der Waals surface area contributed by atoms with Crippen molar-refractivity contribution < 1.29 is 23.7 Å². The number of nitrogens with one attached hydrogen (secondary N) is 1. The Morgan fingerprint density at radius 3 is 2.66 bits per heavy atom. The number of ether oxygens (including phenoxy) is 1. The molecule has 4 nitrogen and oxygen atoms in total. The van der Waals surface area contributed by atoms with Crippen molar-refractivity contribution in [1.82, 2.24) is 0 Å². The van der Waals surface area contributed by atoms with Gasteiger partial charge < -0.3 is 20.3 Å². The Balaban J connectivity index is 1.75. The normalized spacial score (nSPS) is 23.1. The van der Waals surface area contributed by atoms with E-state index in [1.54, 1.807) is 12.1 Å². The molecule has 1 spiro atoms. The zero-order valence-corrected chi connectivity index (χ0v) is 18.4. The fourth-order valence-corrected chi connectivity index (χ4v) is 4.68. The summed E-state index contributed by atoms with van der Waals surface area (Å²) in [5.74, 6) is -1.86. The molecule has 0 bridgehead atoms. The highest BCUT2D eigenvalue weighted by molar-refractivity contribution is 14.1. The van der Waals surface area contributed by atoms with Crippen molar-refractivity contribution in [2.45, 2.75) is 37.9 Å². The van der Waals surface area contributed by atoms with Gasteiger partial charge in [-0.2, -0.15) is 0 Å². The summed E-state index contributed by atoms with van der Waals surface area (Å²) in [5, 5.41) is 24.1. The van der Waals surface area contributed by atoms with Crippen LogP contribution in [-0.2, 0) is 6.42 Å². The Morgan fingerprint density at radius 1 is 1.21 bits per heavy atom. The van der Waals surface area contributed by atoms with Gasteiger partial charge in [-0.15, -0.1) is 0 Å². The highest BCUT2D eigenvalue weighted by Gasteiger charge is 2.45. The van der Waals surface area contributed by atoms with Crippen molar-refractivity contribution in [2.24, 2.45) is 5.41 Å². The summed E-state index contributed by atoms with van der Waals surface area (Å²) in [6, 6.07) is 6.41. The van der Waals surface area contributed by atoms with Crippen molar-refractivity contribution in [3.8, 4) is 5.75 Å². The quantitative estimate of drug-likeness (QED) is 0.496. The number of hydrogen-bond acceptors (Lipinski definition) is 4. The van der Waals surface area contributed by atoms with Gasteiger partial charge in [0.2, 0.25) is 0 Å². The van der Waals surface area contributed by atoms with Crippen molar-refractivity contribution in [2.75, 3.05) is 18.5 Å². The molecule has 3 N–H and O–H groups in total. The van der Waals surface area contributed by atoms with Crippen molar-refractivity contribution in [3.63, 3.8) is 0 Å². The largest absolute Gasteiger partial charge is 0.488 e. The van der Waals surface area contributed by atoms with E-state index in [0.29, 0.717) is 29.2 Å². The molecule has 0 radical (unpaired) electrons. The van der Waals surface area contributed by atoms with E-state index in [4.69, 9.17) is 16.3 Å². The van der Waals surface area contributed by atoms with Crippen LogP contribution < -0.4 is 10.1 Å². The molecule has 0 aromatic heterocycles. The molecule has 0 amide bonds. The highest BCUT2D eigenvalue weighted by atomic mass is 127.